The summed E-state index contributed by atoms with van der Waals surface area (Å²) in [6, 6.07) is 37.2. The van der Waals surface area contributed by atoms with Crippen LogP contribution in [-0.4, -0.2) is 15.0 Å². The summed E-state index contributed by atoms with van der Waals surface area (Å²) in [7, 11) is 0. The van der Waals surface area contributed by atoms with Gasteiger partial charge in [0.05, 0.1) is 11.4 Å². The van der Waals surface area contributed by atoms with Crippen LogP contribution in [0.1, 0.15) is 5.56 Å². The number of furan rings is 1. The van der Waals surface area contributed by atoms with Gasteiger partial charge in [-0.2, -0.15) is 0 Å². The van der Waals surface area contributed by atoms with E-state index in [0.717, 1.165) is 61.1 Å². The summed E-state index contributed by atoms with van der Waals surface area (Å²) in [4.78, 5) is 14.4. The van der Waals surface area contributed by atoms with Gasteiger partial charge in [-0.1, -0.05) is 66.7 Å². The fourth-order valence-corrected chi connectivity index (χ4v) is 4.98. The van der Waals surface area contributed by atoms with Crippen LogP contribution in [0.15, 0.2) is 126 Å². The standard InChI is InChI=1S/C34H23N3O/c1-22-8-2-3-12-27(22)31-20-30(24-15-16-33-29(19-24)28-13-4-5-14-32(28)38-33)36-34(37-31)25-10-6-9-23(18-25)26-11-7-17-35-21-26/h2-21H,1H3. The van der Waals surface area contributed by atoms with Gasteiger partial charge in [-0.15, -0.1) is 0 Å². The fourth-order valence-electron chi connectivity index (χ4n) is 4.98. The van der Waals surface area contributed by atoms with Crippen molar-refractivity contribution in [3.63, 3.8) is 0 Å². The Kier molecular flexibility index (Phi) is 5.30. The molecule has 0 spiro atoms. The summed E-state index contributed by atoms with van der Waals surface area (Å²) in [5.41, 5.74) is 9.89. The maximum absolute atomic E-state index is 6.06. The van der Waals surface area contributed by atoms with Gasteiger partial charge in [0, 0.05) is 45.4 Å². The SMILES string of the molecule is Cc1ccccc1-c1cc(-c2ccc3oc4ccccc4c3c2)nc(-c2cccc(-c3cccnc3)c2)n1. The first-order valence-electron chi connectivity index (χ1n) is 12.6. The Morgan fingerprint density at radius 1 is 0.553 bits per heavy atom. The smallest absolute Gasteiger partial charge is 0.160 e. The van der Waals surface area contributed by atoms with Crippen LogP contribution < -0.4 is 0 Å². The molecule has 4 heteroatoms. The largest absolute Gasteiger partial charge is 0.456 e. The van der Waals surface area contributed by atoms with E-state index in [1.165, 1.54) is 5.56 Å². The van der Waals surface area contributed by atoms with E-state index in [-0.39, 0.29) is 0 Å². The van der Waals surface area contributed by atoms with Crippen molar-refractivity contribution in [1.82, 2.24) is 15.0 Å². The van der Waals surface area contributed by atoms with Gasteiger partial charge in [-0.25, -0.2) is 9.97 Å². The van der Waals surface area contributed by atoms with Crippen LogP contribution in [-0.2, 0) is 0 Å². The van der Waals surface area contributed by atoms with Crippen molar-refractivity contribution in [2.45, 2.75) is 6.92 Å². The molecule has 0 aliphatic rings. The number of hydrogen-bond donors (Lipinski definition) is 0. The zero-order valence-corrected chi connectivity index (χ0v) is 20.8. The Hall–Kier alpha value is -5.09. The summed E-state index contributed by atoms with van der Waals surface area (Å²) in [6.45, 7) is 2.11. The van der Waals surface area contributed by atoms with Gasteiger partial charge >= 0.3 is 0 Å². The molecule has 7 aromatic rings. The number of hydrogen-bond acceptors (Lipinski definition) is 4. The summed E-state index contributed by atoms with van der Waals surface area (Å²) >= 11 is 0. The van der Waals surface area contributed by atoms with Crippen molar-refractivity contribution in [3.05, 3.63) is 127 Å². The minimum atomic E-state index is 0.684. The van der Waals surface area contributed by atoms with Gasteiger partial charge in [0.2, 0.25) is 0 Å². The second-order valence-electron chi connectivity index (χ2n) is 9.41. The lowest BCUT2D eigenvalue weighted by Gasteiger charge is -2.12. The maximum atomic E-state index is 6.06. The molecule has 38 heavy (non-hydrogen) atoms. The van der Waals surface area contributed by atoms with Gasteiger partial charge in [0.25, 0.3) is 0 Å². The van der Waals surface area contributed by atoms with Crippen LogP contribution in [0.25, 0.3) is 67.0 Å². The number of para-hydroxylation sites is 1. The van der Waals surface area contributed by atoms with Crippen molar-refractivity contribution in [2.24, 2.45) is 0 Å². The first kappa shape index (κ1) is 22.1. The highest BCUT2D eigenvalue weighted by atomic mass is 16.3. The highest BCUT2D eigenvalue weighted by Gasteiger charge is 2.14. The minimum absolute atomic E-state index is 0.684. The summed E-state index contributed by atoms with van der Waals surface area (Å²) in [5, 5.41) is 2.18. The number of nitrogens with zero attached hydrogens (tertiary/aromatic N) is 3. The number of rotatable bonds is 4. The Labute approximate surface area is 220 Å². The van der Waals surface area contributed by atoms with Crippen molar-refractivity contribution >= 4 is 21.9 Å². The van der Waals surface area contributed by atoms with Crippen LogP contribution in [0.2, 0.25) is 0 Å². The van der Waals surface area contributed by atoms with Crippen LogP contribution in [0.3, 0.4) is 0 Å². The van der Waals surface area contributed by atoms with E-state index in [1.54, 1.807) is 6.20 Å². The third-order valence-electron chi connectivity index (χ3n) is 6.94. The van der Waals surface area contributed by atoms with Crippen LogP contribution >= 0.6 is 0 Å². The fraction of sp³-hybridized carbons (Fsp3) is 0.0294. The molecule has 0 aliphatic heterocycles. The topological polar surface area (TPSA) is 51.8 Å². The molecule has 0 N–H and O–H groups in total. The number of fused-ring (bicyclic) bond motifs is 3. The van der Waals surface area contributed by atoms with Crippen molar-refractivity contribution in [1.29, 1.82) is 0 Å². The van der Waals surface area contributed by atoms with Gasteiger partial charge in [0.15, 0.2) is 5.82 Å². The summed E-state index contributed by atoms with van der Waals surface area (Å²) < 4.78 is 6.06. The molecule has 0 atom stereocenters. The van der Waals surface area contributed by atoms with Crippen molar-refractivity contribution in [2.75, 3.05) is 0 Å². The molecule has 3 heterocycles. The highest BCUT2D eigenvalue weighted by Crippen LogP contribution is 2.34. The first-order valence-corrected chi connectivity index (χ1v) is 12.6. The van der Waals surface area contributed by atoms with Gasteiger partial charge in [0.1, 0.15) is 11.2 Å². The Bertz CT molecular complexity index is 1940. The normalized spacial score (nSPS) is 11.3. The molecule has 0 bridgehead atoms. The molecule has 0 radical (unpaired) electrons. The van der Waals surface area contributed by atoms with E-state index in [4.69, 9.17) is 14.4 Å². The zero-order chi connectivity index (χ0) is 25.5. The second kappa shape index (κ2) is 9.09. The van der Waals surface area contributed by atoms with Crippen LogP contribution in [0, 0.1) is 6.92 Å². The zero-order valence-electron chi connectivity index (χ0n) is 20.8. The third-order valence-corrected chi connectivity index (χ3v) is 6.94. The molecule has 0 aliphatic carbocycles. The predicted octanol–water partition coefficient (Wildman–Crippen LogP) is 8.75. The maximum Gasteiger partial charge on any atom is 0.160 e. The van der Waals surface area contributed by atoms with E-state index >= 15 is 0 Å². The molecule has 0 fully saturated rings. The highest BCUT2D eigenvalue weighted by molar-refractivity contribution is 6.06. The Balaban J connectivity index is 1.43. The average Bonchev–Trinajstić information content (AvgIpc) is 3.36. The van der Waals surface area contributed by atoms with Crippen LogP contribution in [0.4, 0.5) is 0 Å². The quantitative estimate of drug-likeness (QED) is 0.248. The van der Waals surface area contributed by atoms with E-state index in [1.807, 2.05) is 42.6 Å². The predicted molar refractivity (Wildman–Crippen MR) is 154 cm³/mol. The number of aryl methyl sites for hydroxylation is 1. The van der Waals surface area contributed by atoms with Crippen LogP contribution in [0.5, 0.6) is 0 Å². The van der Waals surface area contributed by atoms with Gasteiger partial charge in [-0.3, -0.25) is 4.98 Å². The van der Waals surface area contributed by atoms with Crippen molar-refractivity contribution < 1.29 is 4.42 Å². The minimum Gasteiger partial charge on any atom is -0.456 e. The van der Waals surface area contributed by atoms with E-state index in [9.17, 15) is 0 Å². The molecular formula is C34H23N3O. The molecular weight excluding hydrogens is 466 g/mol. The average molecular weight is 490 g/mol. The molecule has 0 unspecified atom stereocenters. The lowest BCUT2D eigenvalue weighted by molar-refractivity contribution is 0.669. The molecule has 4 aromatic carbocycles. The molecule has 7 rings (SSSR count). The lowest BCUT2D eigenvalue weighted by atomic mass is 10.0. The molecule has 4 nitrogen and oxygen atoms in total. The lowest BCUT2D eigenvalue weighted by Crippen LogP contribution is -1.97. The molecule has 0 saturated carbocycles. The Morgan fingerprint density at radius 2 is 1.34 bits per heavy atom. The van der Waals surface area contributed by atoms with Gasteiger partial charge < -0.3 is 4.42 Å². The van der Waals surface area contributed by atoms with E-state index < -0.39 is 0 Å². The Morgan fingerprint density at radius 3 is 2.24 bits per heavy atom. The monoisotopic (exact) mass is 489 g/mol. The number of benzene rings is 4. The third kappa shape index (κ3) is 3.93. The summed E-state index contributed by atoms with van der Waals surface area (Å²) in [6.07, 6.45) is 3.66. The molecule has 0 amide bonds. The van der Waals surface area contributed by atoms with E-state index in [2.05, 4.69) is 84.7 Å². The van der Waals surface area contributed by atoms with Crippen molar-refractivity contribution in [3.8, 4) is 45.0 Å². The van der Waals surface area contributed by atoms with Gasteiger partial charge in [-0.05, 0) is 60.5 Å². The number of pyridine rings is 1. The first-order chi connectivity index (χ1) is 18.7. The number of aromatic nitrogens is 3. The molecule has 0 saturated heterocycles. The van der Waals surface area contributed by atoms with E-state index in [0.29, 0.717) is 5.82 Å². The molecule has 3 aromatic heterocycles. The summed E-state index contributed by atoms with van der Waals surface area (Å²) in [5.74, 6) is 0.684. The second-order valence-corrected chi connectivity index (χ2v) is 9.41. The molecule has 180 valence electrons.